The van der Waals surface area contributed by atoms with Gasteiger partial charge in [0.05, 0.1) is 19.3 Å². The smallest absolute Gasteiger partial charge is 0.223 e. The second kappa shape index (κ2) is 7.34. The van der Waals surface area contributed by atoms with Crippen molar-refractivity contribution in [3.8, 4) is 0 Å². The minimum absolute atomic E-state index is 0.105. The normalized spacial score (nSPS) is 29.9. The molecule has 1 spiro atoms. The summed E-state index contributed by atoms with van der Waals surface area (Å²) in [6.07, 6.45) is -0.779. The summed E-state index contributed by atoms with van der Waals surface area (Å²) in [4.78, 5) is 0. The van der Waals surface area contributed by atoms with Gasteiger partial charge >= 0.3 is 0 Å². The number of rotatable bonds is 4. The molecule has 2 aromatic carbocycles. The van der Waals surface area contributed by atoms with Gasteiger partial charge in [0.25, 0.3) is 0 Å². The standard InChI is InChI=1S/C22H26O5/c1-2-14-3-5-15(6-4-14)9-16-7-8-17-13-26-22(18(17)10-16)21(25)11-19(24)20(12-23)27-22/h3-8,10,19-21,23-25H,2,9,11-13H2,1H3/t19-,20?,21-,22?/m0/s1. The van der Waals surface area contributed by atoms with Crippen LogP contribution in [0.3, 0.4) is 0 Å². The number of hydrogen-bond donors (Lipinski definition) is 3. The molecule has 1 saturated heterocycles. The van der Waals surface area contributed by atoms with Crippen LogP contribution in [0.15, 0.2) is 42.5 Å². The van der Waals surface area contributed by atoms with E-state index in [1.165, 1.54) is 11.1 Å². The van der Waals surface area contributed by atoms with Gasteiger partial charge in [0.2, 0.25) is 5.79 Å². The molecular weight excluding hydrogens is 344 g/mol. The Hall–Kier alpha value is -1.76. The first kappa shape index (κ1) is 18.6. The van der Waals surface area contributed by atoms with Gasteiger partial charge in [-0.2, -0.15) is 0 Å². The highest BCUT2D eigenvalue weighted by atomic mass is 16.7. The molecule has 4 rings (SSSR count). The van der Waals surface area contributed by atoms with Crippen LogP contribution in [0.25, 0.3) is 0 Å². The van der Waals surface area contributed by atoms with Crippen LogP contribution in [0.4, 0.5) is 0 Å². The molecule has 2 heterocycles. The maximum absolute atomic E-state index is 10.6. The summed E-state index contributed by atoms with van der Waals surface area (Å²) in [5, 5.41) is 30.2. The van der Waals surface area contributed by atoms with E-state index < -0.39 is 24.1 Å². The van der Waals surface area contributed by atoms with Crippen LogP contribution in [0, 0.1) is 0 Å². The highest BCUT2D eigenvalue weighted by Gasteiger charge is 2.54. The molecular formula is C22H26O5. The lowest BCUT2D eigenvalue weighted by molar-refractivity contribution is -0.345. The van der Waals surface area contributed by atoms with Crippen LogP contribution in [0.2, 0.25) is 0 Å². The molecule has 0 aromatic heterocycles. The molecule has 5 heteroatoms. The molecule has 0 saturated carbocycles. The van der Waals surface area contributed by atoms with E-state index in [1.54, 1.807) is 0 Å². The Morgan fingerprint density at radius 2 is 1.74 bits per heavy atom. The zero-order valence-corrected chi connectivity index (χ0v) is 15.5. The van der Waals surface area contributed by atoms with Gasteiger partial charge in [-0.1, -0.05) is 43.3 Å². The highest BCUT2D eigenvalue weighted by Crippen LogP contribution is 2.46. The van der Waals surface area contributed by atoms with E-state index in [4.69, 9.17) is 9.47 Å². The minimum Gasteiger partial charge on any atom is -0.394 e. The van der Waals surface area contributed by atoms with Gasteiger partial charge < -0.3 is 24.8 Å². The average molecular weight is 370 g/mol. The van der Waals surface area contributed by atoms with Crippen LogP contribution in [0.1, 0.15) is 41.2 Å². The van der Waals surface area contributed by atoms with Crippen LogP contribution < -0.4 is 0 Å². The summed E-state index contributed by atoms with van der Waals surface area (Å²) in [6, 6.07) is 14.7. The van der Waals surface area contributed by atoms with E-state index in [-0.39, 0.29) is 13.0 Å². The first-order chi connectivity index (χ1) is 13.1. The Morgan fingerprint density at radius 1 is 1.04 bits per heavy atom. The first-order valence-electron chi connectivity index (χ1n) is 9.54. The Labute approximate surface area is 159 Å². The summed E-state index contributed by atoms with van der Waals surface area (Å²) in [5.74, 6) is -1.32. The Kier molecular flexibility index (Phi) is 5.05. The van der Waals surface area contributed by atoms with Crippen LogP contribution >= 0.6 is 0 Å². The zero-order chi connectivity index (χ0) is 19.0. The molecule has 0 radical (unpaired) electrons. The summed E-state index contributed by atoms with van der Waals surface area (Å²) in [5.41, 5.74) is 5.39. The predicted octanol–water partition coefficient (Wildman–Crippen LogP) is 2.03. The average Bonchev–Trinajstić information content (AvgIpc) is 3.04. The van der Waals surface area contributed by atoms with E-state index in [0.29, 0.717) is 6.61 Å². The van der Waals surface area contributed by atoms with Crippen LogP contribution in [0.5, 0.6) is 0 Å². The van der Waals surface area contributed by atoms with Gasteiger partial charge in [-0.3, -0.25) is 0 Å². The number of fused-ring (bicyclic) bond motifs is 2. The van der Waals surface area contributed by atoms with E-state index >= 15 is 0 Å². The molecule has 2 unspecified atom stereocenters. The van der Waals surface area contributed by atoms with E-state index in [2.05, 4.69) is 37.3 Å². The molecule has 0 amide bonds. The van der Waals surface area contributed by atoms with Gasteiger partial charge in [0, 0.05) is 12.0 Å². The zero-order valence-electron chi connectivity index (χ0n) is 15.5. The second-order valence-corrected chi connectivity index (χ2v) is 7.45. The predicted molar refractivity (Wildman–Crippen MR) is 100 cm³/mol. The Bertz CT molecular complexity index is 803. The van der Waals surface area contributed by atoms with E-state index in [1.807, 2.05) is 12.1 Å². The lowest BCUT2D eigenvalue weighted by atomic mass is 9.88. The topological polar surface area (TPSA) is 79.2 Å². The summed E-state index contributed by atoms with van der Waals surface area (Å²) in [6.45, 7) is 2.16. The molecule has 2 aliphatic heterocycles. The van der Waals surface area contributed by atoms with Crippen molar-refractivity contribution >= 4 is 0 Å². The van der Waals surface area contributed by atoms with Gasteiger partial charge in [-0.15, -0.1) is 0 Å². The van der Waals surface area contributed by atoms with Crippen LogP contribution in [-0.4, -0.2) is 40.2 Å². The number of aliphatic hydroxyl groups is 3. The quantitative estimate of drug-likeness (QED) is 0.767. The molecule has 0 bridgehead atoms. The molecule has 3 N–H and O–H groups in total. The van der Waals surface area contributed by atoms with Crippen molar-refractivity contribution in [3.63, 3.8) is 0 Å². The van der Waals surface area contributed by atoms with Crippen LogP contribution in [-0.2, 0) is 34.7 Å². The second-order valence-electron chi connectivity index (χ2n) is 7.45. The fourth-order valence-corrected chi connectivity index (χ4v) is 4.02. The molecule has 4 atom stereocenters. The molecule has 2 aliphatic rings. The Morgan fingerprint density at radius 3 is 2.44 bits per heavy atom. The van der Waals surface area contributed by atoms with E-state index in [0.717, 1.165) is 29.5 Å². The maximum atomic E-state index is 10.6. The van der Waals surface area contributed by atoms with E-state index in [9.17, 15) is 15.3 Å². The molecule has 5 nitrogen and oxygen atoms in total. The fraction of sp³-hybridized carbons (Fsp3) is 0.455. The molecule has 1 fully saturated rings. The number of benzene rings is 2. The summed E-state index contributed by atoms with van der Waals surface area (Å²) >= 11 is 0. The monoisotopic (exact) mass is 370 g/mol. The summed E-state index contributed by atoms with van der Waals surface area (Å²) < 4.78 is 11.8. The van der Waals surface area contributed by atoms with Gasteiger partial charge in [-0.05, 0) is 41.2 Å². The third kappa shape index (κ3) is 3.30. The van der Waals surface area contributed by atoms with Crippen molar-refractivity contribution < 1.29 is 24.8 Å². The third-order valence-electron chi connectivity index (χ3n) is 5.67. The number of hydrogen-bond acceptors (Lipinski definition) is 5. The number of ether oxygens (including phenoxy) is 2. The number of aryl methyl sites for hydroxylation is 1. The lowest BCUT2D eigenvalue weighted by Gasteiger charge is -2.43. The first-order valence-corrected chi connectivity index (χ1v) is 9.54. The van der Waals surface area contributed by atoms with Crippen molar-refractivity contribution in [1.82, 2.24) is 0 Å². The van der Waals surface area contributed by atoms with Crippen molar-refractivity contribution in [3.05, 3.63) is 70.3 Å². The third-order valence-corrected chi connectivity index (χ3v) is 5.67. The van der Waals surface area contributed by atoms with Crippen molar-refractivity contribution in [2.45, 2.75) is 56.9 Å². The maximum Gasteiger partial charge on any atom is 0.223 e. The SMILES string of the molecule is CCc1ccc(Cc2ccc3c(c2)C2(OC3)OC(CO)[C@@H](O)C[C@@H]2O)cc1. The van der Waals surface area contributed by atoms with Crippen molar-refractivity contribution in [2.75, 3.05) is 6.61 Å². The largest absolute Gasteiger partial charge is 0.394 e. The molecule has 2 aromatic rings. The minimum atomic E-state index is -1.32. The van der Waals surface area contributed by atoms with Gasteiger partial charge in [0.1, 0.15) is 12.2 Å². The Balaban J connectivity index is 1.63. The molecule has 144 valence electrons. The van der Waals surface area contributed by atoms with Crippen molar-refractivity contribution in [2.24, 2.45) is 0 Å². The molecule has 27 heavy (non-hydrogen) atoms. The lowest BCUT2D eigenvalue weighted by Crippen LogP contribution is -2.55. The fourth-order valence-electron chi connectivity index (χ4n) is 4.02. The highest BCUT2D eigenvalue weighted by molar-refractivity contribution is 5.41. The van der Waals surface area contributed by atoms with Crippen molar-refractivity contribution in [1.29, 1.82) is 0 Å². The molecule has 0 aliphatic carbocycles. The van der Waals surface area contributed by atoms with Gasteiger partial charge in [0.15, 0.2) is 0 Å². The van der Waals surface area contributed by atoms with Gasteiger partial charge in [-0.25, -0.2) is 0 Å². The number of aliphatic hydroxyl groups excluding tert-OH is 3. The summed E-state index contributed by atoms with van der Waals surface area (Å²) in [7, 11) is 0.